The van der Waals surface area contributed by atoms with Gasteiger partial charge in [0.1, 0.15) is 0 Å². The first-order chi connectivity index (χ1) is 6.77. The minimum atomic E-state index is -0.421. The molecule has 2 heteroatoms. The summed E-state index contributed by atoms with van der Waals surface area (Å²) in [5.74, 6) is 0. The van der Waals surface area contributed by atoms with Crippen LogP contribution in [0.3, 0.4) is 0 Å². The Morgan fingerprint density at radius 3 is 2.64 bits per heavy atom. The predicted octanol–water partition coefficient (Wildman–Crippen LogP) is 3.12. The van der Waals surface area contributed by atoms with E-state index < -0.39 is 5.60 Å². The van der Waals surface area contributed by atoms with E-state index in [0.717, 1.165) is 12.8 Å². The number of hydrogen-bond donors (Lipinski definition) is 1. The molecule has 1 saturated carbocycles. The summed E-state index contributed by atoms with van der Waals surface area (Å²) in [6.45, 7) is 2.24. The molecule has 0 unspecified atom stereocenters. The summed E-state index contributed by atoms with van der Waals surface area (Å²) in [5, 5.41) is 10.2. The van der Waals surface area contributed by atoms with Crippen LogP contribution < -0.4 is 0 Å². The van der Waals surface area contributed by atoms with Gasteiger partial charge in [-0.25, -0.2) is 0 Å². The maximum atomic E-state index is 10.2. The van der Waals surface area contributed by atoms with Gasteiger partial charge in [-0.2, -0.15) is 0 Å². The van der Waals surface area contributed by atoms with Crippen LogP contribution in [0.5, 0.6) is 0 Å². The molecular formula is C12H22OTe. The third-order valence-electron chi connectivity index (χ3n) is 2.81. The van der Waals surface area contributed by atoms with Gasteiger partial charge in [0.05, 0.1) is 0 Å². The Balaban J connectivity index is 2.19. The van der Waals surface area contributed by atoms with E-state index in [1.165, 1.54) is 36.6 Å². The van der Waals surface area contributed by atoms with Crippen LogP contribution in [0.25, 0.3) is 0 Å². The van der Waals surface area contributed by atoms with Crippen LogP contribution in [0.2, 0.25) is 4.47 Å². The average molecular weight is 310 g/mol. The van der Waals surface area contributed by atoms with Gasteiger partial charge in [-0.1, -0.05) is 0 Å². The molecule has 0 radical (unpaired) electrons. The Labute approximate surface area is 98.1 Å². The first-order valence-corrected chi connectivity index (χ1v) is 8.78. The van der Waals surface area contributed by atoms with Crippen LogP contribution in [0, 0.1) is 0 Å². The second kappa shape index (κ2) is 6.88. The third-order valence-corrected chi connectivity index (χ3v) is 5.24. The Bertz CT molecular complexity index is 171. The van der Waals surface area contributed by atoms with Gasteiger partial charge in [-0.3, -0.25) is 0 Å². The van der Waals surface area contributed by atoms with Crippen molar-refractivity contribution in [3.63, 3.8) is 0 Å². The molecule has 0 aromatic heterocycles. The molecule has 1 N–H and O–H groups in total. The molecule has 0 aliphatic heterocycles. The molecule has 82 valence electrons. The molecule has 1 rings (SSSR count). The van der Waals surface area contributed by atoms with Crippen molar-refractivity contribution in [2.75, 3.05) is 0 Å². The molecule has 0 aromatic carbocycles. The molecule has 0 amide bonds. The molecule has 0 aromatic rings. The molecule has 1 aliphatic rings. The van der Waals surface area contributed by atoms with E-state index in [2.05, 4.69) is 17.1 Å². The predicted molar refractivity (Wildman–Crippen MR) is 62.6 cm³/mol. The van der Waals surface area contributed by atoms with E-state index in [9.17, 15) is 5.11 Å². The SMILES string of the molecule is CCCC[Te]/C=C\C1(O)CCCCC1. The zero-order valence-electron chi connectivity index (χ0n) is 9.17. The molecule has 1 fully saturated rings. The summed E-state index contributed by atoms with van der Waals surface area (Å²) in [5.41, 5.74) is -0.421. The standard InChI is InChI=1S/C12H22OTe/c1-2-3-10-14-11-9-12(13)7-5-4-6-8-12/h9,11,13H,2-8,10H2,1H3/b11-9-. The van der Waals surface area contributed by atoms with Gasteiger partial charge >= 0.3 is 98.2 Å². The van der Waals surface area contributed by atoms with E-state index in [-0.39, 0.29) is 20.9 Å². The third kappa shape index (κ3) is 4.82. The minimum absolute atomic E-state index is 0.0518. The molecule has 0 bridgehead atoms. The monoisotopic (exact) mass is 312 g/mol. The molecule has 0 saturated heterocycles. The molecule has 0 heterocycles. The van der Waals surface area contributed by atoms with Crippen molar-refractivity contribution in [1.82, 2.24) is 0 Å². The normalized spacial score (nSPS) is 21.6. The number of unbranched alkanes of at least 4 members (excludes halogenated alkanes) is 1. The van der Waals surface area contributed by atoms with Gasteiger partial charge in [-0.05, 0) is 0 Å². The van der Waals surface area contributed by atoms with Crippen LogP contribution in [0.4, 0.5) is 0 Å². The summed E-state index contributed by atoms with van der Waals surface area (Å²) in [6.07, 6.45) is 10.5. The Hall–Kier alpha value is 0.490. The van der Waals surface area contributed by atoms with Crippen molar-refractivity contribution in [2.24, 2.45) is 0 Å². The van der Waals surface area contributed by atoms with Crippen LogP contribution in [-0.4, -0.2) is 31.6 Å². The average Bonchev–Trinajstić information content (AvgIpc) is 2.18. The maximum absolute atomic E-state index is 10.2. The van der Waals surface area contributed by atoms with Crippen LogP contribution in [0.1, 0.15) is 51.9 Å². The Morgan fingerprint density at radius 1 is 1.29 bits per heavy atom. The fourth-order valence-electron chi connectivity index (χ4n) is 1.80. The number of aliphatic hydroxyl groups is 1. The van der Waals surface area contributed by atoms with Crippen molar-refractivity contribution in [2.45, 2.75) is 61.9 Å². The molecular weight excluding hydrogens is 288 g/mol. The molecule has 1 aliphatic carbocycles. The van der Waals surface area contributed by atoms with Crippen LogP contribution >= 0.6 is 0 Å². The zero-order chi connectivity index (χ0) is 10.3. The number of hydrogen-bond acceptors (Lipinski definition) is 1. The summed E-state index contributed by atoms with van der Waals surface area (Å²) >= 11 is 0.0518. The molecule has 14 heavy (non-hydrogen) atoms. The van der Waals surface area contributed by atoms with Crippen molar-refractivity contribution < 1.29 is 5.11 Å². The molecule has 0 atom stereocenters. The summed E-state index contributed by atoms with van der Waals surface area (Å²) in [6, 6.07) is 0. The molecule has 1 nitrogen and oxygen atoms in total. The summed E-state index contributed by atoms with van der Waals surface area (Å²) in [7, 11) is 0. The summed E-state index contributed by atoms with van der Waals surface area (Å²) in [4.78, 5) is 0. The van der Waals surface area contributed by atoms with E-state index in [1.54, 1.807) is 0 Å². The van der Waals surface area contributed by atoms with E-state index in [0.29, 0.717) is 0 Å². The van der Waals surface area contributed by atoms with E-state index in [4.69, 9.17) is 0 Å². The van der Waals surface area contributed by atoms with Gasteiger partial charge in [0.2, 0.25) is 0 Å². The van der Waals surface area contributed by atoms with Gasteiger partial charge in [0.25, 0.3) is 0 Å². The first-order valence-electron chi connectivity index (χ1n) is 5.78. The van der Waals surface area contributed by atoms with E-state index in [1.807, 2.05) is 0 Å². The Morgan fingerprint density at radius 2 is 2.00 bits per heavy atom. The zero-order valence-corrected chi connectivity index (χ0v) is 11.5. The van der Waals surface area contributed by atoms with Gasteiger partial charge in [0, 0.05) is 0 Å². The Kier molecular flexibility index (Phi) is 6.17. The topological polar surface area (TPSA) is 20.2 Å². The van der Waals surface area contributed by atoms with Crippen LogP contribution in [0.15, 0.2) is 10.2 Å². The van der Waals surface area contributed by atoms with E-state index >= 15 is 0 Å². The number of rotatable bonds is 5. The van der Waals surface area contributed by atoms with Gasteiger partial charge in [-0.15, -0.1) is 0 Å². The quantitative estimate of drug-likeness (QED) is 0.611. The van der Waals surface area contributed by atoms with Crippen molar-refractivity contribution >= 4 is 20.9 Å². The first kappa shape index (κ1) is 12.6. The van der Waals surface area contributed by atoms with Gasteiger partial charge < -0.3 is 0 Å². The molecule has 0 spiro atoms. The second-order valence-electron chi connectivity index (χ2n) is 4.19. The van der Waals surface area contributed by atoms with Crippen molar-refractivity contribution in [1.29, 1.82) is 0 Å². The van der Waals surface area contributed by atoms with Crippen molar-refractivity contribution in [3.05, 3.63) is 10.2 Å². The van der Waals surface area contributed by atoms with Gasteiger partial charge in [0.15, 0.2) is 0 Å². The summed E-state index contributed by atoms with van der Waals surface area (Å²) < 4.78 is 3.71. The second-order valence-corrected chi connectivity index (χ2v) is 7.08. The van der Waals surface area contributed by atoms with Crippen LogP contribution in [-0.2, 0) is 0 Å². The fraction of sp³-hybridized carbons (Fsp3) is 0.833. The fourth-order valence-corrected chi connectivity index (χ4v) is 4.49. The van der Waals surface area contributed by atoms with Crippen molar-refractivity contribution in [3.8, 4) is 0 Å².